The van der Waals surface area contributed by atoms with E-state index in [2.05, 4.69) is 14.2 Å². The largest absolute Gasteiger partial charge is 0.481 e. The van der Waals surface area contributed by atoms with Crippen molar-refractivity contribution in [3.63, 3.8) is 0 Å². The van der Waals surface area contributed by atoms with E-state index in [1.54, 1.807) is 18.2 Å². The summed E-state index contributed by atoms with van der Waals surface area (Å²) in [6.07, 6.45) is 0. The number of methoxy groups -OCH3 is 2. The maximum atomic E-state index is 12.9. The number of benzene rings is 2. The maximum absolute atomic E-state index is 12.9. The molecule has 0 saturated heterocycles. The fourth-order valence-corrected chi connectivity index (χ4v) is 5.58. The van der Waals surface area contributed by atoms with Crippen LogP contribution in [0.15, 0.2) is 59.5 Å². The van der Waals surface area contributed by atoms with Gasteiger partial charge in [0.15, 0.2) is 11.4 Å². The number of nitrogens with zero attached hydrogens (tertiary/aromatic N) is 2. The zero-order chi connectivity index (χ0) is 25.4. The van der Waals surface area contributed by atoms with E-state index in [1.165, 1.54) is 20.3 Å². The van der Waals surface area contributed by atoms with E-state index in [9.17, 15) is 13.0 Å². The molecule has 0 radical (unpaired) electrons. The molecule has 2 aromatic carbocycles. The van der Waals surface area contributed by atoms with Gasteiger partial charge in [0.05, 0.1) is 38.3 Å². The van der Waals surface area contributed by atoms with Crippen LogP contribution in [0, 0.1) is 0 Å². The molecular formula is C22H25N3O8PS+. The fraction of sp³-hybridized carbons (Fsp3) is 0.227. The molecule has 1 unspecified atom stereocenters. The lowest BCUT2D eigenvalue weighted by Gasteiger charge is -2.30. The number of hydrogen-bond donors (Lipinski definition) is 3. The van der Waals surface area contributed by atoms with Gasteiger partial charge >= 0.3 is 7.82 Å². The van der Waals surface area contributed by atoms with Crippen LogP contribution in [0.1, 0.15) is 0 Å². The Bertz CT molecular complexity index is 1430. The second kappa shape index (κ2) is 9.32. The highest BCUT2D eigenvalue weighted by molar-refractivity contribution is 7.89. The summed E-state index contributed by atoms with van der Waals surface area (Å²) in [6.45, 7) is -0.778. The van der Waals surface area contributed by atoms with Crippen molar-refractivity contribution in [3.05, 3.63) is 54.6 Å². The van der Waals surface area contributed by atoms with E-state index in [0.29, 0.717) is 11.8 Å². The van der Waals surface area contributed by atoms with Crippen molar-refractivity contribution >= 4 is 34.9 Å². The minimum absolute atomic E-state index is 0.00973. The average Bonchev–Trinajstić information content (AvgIpc) is 3.10. The summed E-state index contributed by atoms with van der Waals surface area (Å²) in [5.41, 5.74) is 4.04. The lowest BCUT2D eigenvalue weighted by molar-refractivity contribution is 0.200. The third-order valence-corrected chi connectivity index (χ3v) is 7.77. The number of nitrogens with one attached hydrogen (secondary N) is 1. The number of rotatable bonds is 9. The molecule has 186 valence electrons. The molecule has 3 aromatic rings. The normalized spacial score (nSPS) is 17.1. The van der Waals surface area contributed by atoms with Crippen molar-refractivity contribution in [2.24, 2.45) is 0 Å². The molecule has 0 fully saturated rings. The fourth-order valence-electron chi connectivity index (χ4n) is 4.21. The number of hydrogen-bond acceptors (Lipinski definition) is 7. The Hall–Kier alpha value is -2.83. The lowest BCUT2D eigenvalue weighted by atomic mass is 10.1. The quantitative estimate of drug-likeness (QED) is 0.219. The van der Waals surface area contributed by atoms with Gasteiger partial charge in [-0.15, -0.1) is 0 Å². The monoisotopic (exact) mass is 522 g/mol. The van der Waals surface area contributed by atoms with Crippen molar-refractivity contribution in [1.29, 1.82) is 0 Å². The molecule has 0 saturated carbocycles. The van der Waals surface area contributed by atoms with Gasteiger partial charge in [-0.25, -0.2) is 22.2 Å². The van der Waals surface area contributed by atoms with Crippen LogP contribution >= 0.6 is 7.82 Å². The first-order valence-corrected chi connectivity index (χ1v) is 13.4. The van der Waals surface area contributed by atoms with Crippen LogP contribution in [0.25, 0.3) is 11.1 Å². The number of quaternary nitrogens is 1. The number of aromatic nitrogens is 1. The van der Waals surface area contributed by atoms with Gasteiger partial charge in [-0.3, -0.25) is 4.52 Å². The number of phosphoric ester groups is 1. The third-order valence-electron chi connectivity index (χ3n) is 5.79. The molecule has 1 aliphatic heterocycles. The average molecular weight is 522 g/mol. The zero-order valence-electron chi connectivity index (χ0n) is 19.2. The minimum Gasteiger partial charge on any atom is -0.481 e. The number of sulfonamides is 1. The van der Waals surface area contributed by atoms with Gasteiger partial charge in [-0.05, 0) is 18.2 Å². The lowest BCUT2D eigenvalue weighted by Crippen LogP contribution is -2.32. The molecule has 13 heteroatoms. The van der Waals surface area contributed by atoms with Crippen LogP contribution in [0.2, 0.25) is 0 Å². The maximum Gasteiger partial charge on any atom is 0.469 e. The molecule has 3 N–H and O–H groups in total. The van der Waals surface area contributed by atoms with Gasteiger partial charge in [-0.2, -0.15) is 4.98 Å². The molecule has 0 aliphatic carbocycles. The van der Waals surface area contributed by atoms with Crippen molar-refractivity contribution in [3.8, 4) is 22.9 Å². The molecule has 1 aliphatic rings. The molecule has 11 nitrogen and oxygen atoms in total. The van der Waals surface area contributed by atoms with Crippen molar-refractivity contribution in [2.45, 2.75) is 4.90 Å². The Morgan fingerprint density at radius 2 is 1.66 bits per heavy atom. The number of ether oxygens (including phenoxy) is 2. The first kappa shape index (κ1) is 25.3. The molecule has 0 spiro atoms. The first-order chi connectivity index (χ1) is 16.5. The van der Waals surface area contributed by atoms with Gasteiger partial charge in [0.2, 0.25) is 21.6 Å². The van der Waals surface area contributed by atoms with Crippen LogP contribution in [-0.4, -0.2) is 57.6 Å². The van der Waals surface area contributed by atoms with Crippen LogP contribution in [0.4, 0.5) is 17.1 Å². The van der Waals surface area contributed by atoms with Crippen molar-refractivity contribution in [2.75, 3.05) is 34.4 Å². The summed E-state index contributed by atoms with van der Waals surface area (Å²) in [7, 11) is -3.63. The highest BCUT2D eigenvalue weighted by Crippen LogP contribution is 2.58. The molecule has 0 bridgehead atoms. The Morgan fingerprint density at radius 1 is 0.971 bits per heavy atom. The molecule has 4 rings (SSSR count). The molecule has 0 amide bonds. The molecule has 2 heterocycles. The number of phosphoric acid groups is 1. The summed E-state index contributed by atoms with van der Waals surface area (Å²) in [5, 5.41) is 0. The second-order valence-electron chi connectivity index (χ2n) is 7.81. The van der Waals surface area contributed by atoms with Gasteiger partial charge in [0, 0.05) is 36.4 Å². The van der Waals surface area contributed by atoms with Gasteiger partial charge in [0.1, 0.15) is 0 Å². The SMILES string of the molecule is COc1ccc([N+]2(C)c3ccccc3-c3cc(S(=O)(=O)NCCOP(=O)(O)O)ccc32)c(OC)n1. The predicted octanol–water partition coefficient (Wildman–Crippen LogP) is 3.07. The minimum atomic E-state index is -4.68. The van der Waals surface area contributed by atoms with E-state index in [4.69, 9.17) is 19.3 Å². The van der Waals surface area contributed by atoms with Gasteiger partial charge < -0.3 is 19.3 Å². The highest BCUT2D eigenvalue weighted by atomic mass is 32.2. The number of pyridine rings is 1. The summed E-state index contributed by atoms with van der Waals surface area (Å²) in [6, 6.07) is 16.1. The Kier molecular flexibility index (Phi) is 6.73. The van der Waals surface area contributed by atoms with E-state index < -0.39 is 24.5 Å². The summed E-state index contributed by atoms with van der Waals surface area (Å²) in [4.78, 5) is 22.0. The van der Waals surface area contributed by atoms with E-state index in [-0.39, 0.29) is 15.9 Å². The van der Waals surface area contributed by atoms with Crippen molar-refractivity contribution < 1.29 is 36.8 Å². The van der Waals surface area contributed by atoms with E-state index >= 15 is 0 Å². The van der Waals surface area contributed by atoms with Crippen LogP contribution in [-0.2, 0) is 19.1 Å². The number of fused-ring (bicyclic) bond motifs is 3. The van der Waals surface area contributed by atoms with Crippen molar-refractivity contribution in [1.82, 2.24) is 14.2 Å². The van der Waals surface area contributed by atoms with Gasteiger partial charge in [0.25, 0.3) is 5.88 Å². The topological polar surface area (TPSA) is 144 Å². The first-order valence-electron chi connectivity index (χ1n) is 10.4. The van der Waals surface area contributed by atoms with E-state index in [0.717, 1.165) is 28.2 Å². The van der Waals surface area contributed by atoms with Crippen LogP contribution in [0.3, 0.4) is 0 Å². The summed E-state index contributed by atoms with van der Waals surface area (Å²) < 4.78 is 54.1. The standard InChI is InChI=1S/C22H24N3O8PS/c1-25(20-10-11-21(31-2)24-22(20)32-3)18-7-5-4-6-16(18)17-14-15(8-9-19(17)25)35(29,30)23-12-13-33-34(26,27)28/h4-11,14,23H,12-13H2,1-3H3,(H-,26,27,28)/p+1. The van der Waals surface area contributed by atoms with Gasteiger partial charge in [-0.1, -0.05) is 12.1 Å². The highest BCUT2D eigenvalue weighted by Gasteiger charge is 2.45. The Balaban J connectivity index is 1.77. The Morgan fingerprint density at radius 3 is 2.34 bits per heavy atom. The zero-order valence-corrected chi connectivity index (χ0v) is 20.9. The molecule has 35 heavy (non-hydrogen) atoms. The molecule has 1 atom stereocenters. The molecular weight excluding hydrogens is 497 g/mol. The summed E-state index contributed by atoms with van der Waals surface area (Å²) in [5.74, 6) is 0.776. The predicted molar refractivity (Wildman–Crippen MR) is 129 cm³/mol. The number of para-hydroxylation sites is 1. The third kappa shape index (κ3) is 4.69. The second-order valence-corrected chi connectivity index (χ2v) is 10.8. The Labute approximate surface area is 202 Å². The van der Waals surface area contributed by atoms with Crippen LogP contribution in [0.5, 0.6) is 11.8 Å². The summed E-state index contributed by atoms with van der Waals surface area (Å²) >= 11 is 0. The van der Waals surface area contributed by atoms with E-state index in [1.807, 2.05) is 37.4 Å². The van der Waals surface area contributed by atoms with Crippen LogP contribution < -0.4 is 18.7 Å². The molecule has 1 aromatic heterocycles. The smallest absolute Gasteiger partial charge is 0.469 e.